The maximum atomic E-state index is 12.4. The van der Waals surface area contributed by atoms with Crippen LogP contribution in [0.15, 0.2) is 24.3 Å². The summed E-state index contributed by atoms with van der Waals surface area (Å²) >= 11 is 0. The first-order valence-electron chi connectivity index (χ1n) is 7.07. The van der Waals surface area contributed by atoms with Gasteiger partial charge in [-0.3, -0.25) is 0 Å². The lowest BCUT2D eigenvalue weighted by Gasteiger charge is -2.28. The zero-order valence-corrected chi connectivity index (χ0v) is 11.8. The van der Waals surface area contributed by atoms with Gasteiger partial charge in [0, 0.05) is 24.3 Å². The summed E-state index contributed by atoms with van der Waals surface area (Å²) in [6.07, 6.45) is 4.34. The highest BCUT2D eigenvalue weighted by atomic mass is 16.5. The average molecular weight is 278 g/mol. The number of ether oxygens (including phenoxy) is 1. The number of hydrogen-bond donors (Lipinski definition) is 2. The van der Waals surface area contributed by atoms with Crippen LogP contribution in [0, 0.1) is 0 Å². The summed E-state index contributed by atoms with van der Waals surface area (Å²) in [5, 5.41) is 12.0. The van der Waals surface area contributed by atoms with Gasteiger partial charge in [-0.2, -0.15) is 0 Å². The zero-order chi connectivity index (χ0) is 14.4. The van der Waals surface area contributed by atoms with Gasteiger partial charge in [0.1, 0.15) is 5.75 Å². The number of anilines is 1. The number of nitrogens with one attached hydrogen (secondary N) is 1. The summed E-state index contributed by atoms with van der Waals surface area (Å²) in [6.45, 7) is 0.364. The van der Waals surface area contributed by atoms with E-state index in [1.54, 1.807) is 18.1 Å². The van der Waals surface area contributed by atoms with Crippen LogP contribution in [0.2, 0.25) is 0 Å². The molecule has 1 aliphatic rings. The molecule has 0 aliphatic heterocycles. The van der Waals surface area contributed by atoms with Crippen molar-refractivity contribution >= 4 is 11.7 Å². The first-order chi connectivity index (χ1) is 9.74. The number of carbonyl (C=O) groups is 1. The average Bonchev–Trinajstić information content (AvgIpc) is 2.98. The molecule has 0 radical (unpaired) electrons. The minimum absolute atomic E-state index is 0.0119. The van der Waals surface area contributed by atoms with Crippen LogP contribution < -0.4 is 10.1 Å². The van der Waals surface area contributed by atoms with E-state index >= 15 is 0 Å². The van der Waals surface area contributed by atoms with E-state index in [0.717, 1.165) is 25.7 Å². The molecule has 1 aromatic rings. The molecule has 110 valence electrons. The molecule has 0 unspecified atom stereocenters. The van der Waals surface area contributed by atoms with Crippen LogP contribution in [0.5, 0.6) is 5.75 Å². The van der Waals surface area contributed by atoms with Crippen LogP contribution in [-0.2, 0) is 0 Å². The van der Waals surface area contributed by atoms with Crippen LogP contribution in [0.25, 0.3) is 0 Å². The van der Waals surface area contributed by atoms with Gasteiger partial charge in [-0.05, 0) is 25.0 Å². The Morgan fingerprint density at radius 1 is 1.45 bits per heavy atom. The number of aliphatic hydroxyl groups excluding tert-OH is 1. The second-order valence-corrected chi connectivity index (χ2v) is 5.02. The van der Waals surface area contributed by atoms with Crippen LogP contribution in [-0.4, -0.2) is 42.3 Å². The first-order valence-corrected chi connectivity index (χ1v) is 7.07. The number of carbonyl (C=O) groups excluding carboxylic acids is 1. The fourth-order valence-electron chi connectivity index (χ4n) is 2.67. The Labute approximate surface area is 119 Å². The monoisotopic (exact) mass is 278 g/mol. The van der Waals surface area contributed by atoms with Crippen molar-refractivity contribution in [3.8, 4) is 5.75 Å². The van der Waals surface area contributed by atoms with Crippen LogP contribution in [0.3, 0.4) is 0 Å². The van der Waals surface area contributed by atoms with Crippen molar-refractivity contribution in [2.75, 3.05) is 25.6 Å². The quantitative estimate of drug-likeness (QED) is 0.869. The van der Waals surface area contributed by atoms with E-state index in [9.17, 15) is 4.79 Å². The molecular weight excluding hydrogens is 256 g/mol. The molecule has 0 saturated heterocycles. The maximum absolute atomic E-state index is 12.4. The molecule has 5 nitrogen and oxygen atoms in total. The highest BCUT2D eigenvalue weighted by Gasteiger charge is 2.26. The second kappa shape index (κ2) is 7.14. The van der Waals surface area contributed by atoms with E-state index in [2.05, 4.69) is 5.32 Å². The van der Waals surface area contributed by atoms with Gasteiger partial charge in [-0.15, -0.1) is 0 Å². The smallest absolute Gasteiger partial charge is 0.322 e. The van der Waals surface area contributed by atoms with Crippen LogP contribution in [0.1, 0.15) is 25.7 Å². The standard InChI is InChI=1S/C15H22N2O3/c1-20-14-8-4-5-12(11-14)16-15(19)17(9-10-18)13-6-2-3-7-13/h4-5,8,11,13,18H,2-3,6-7,9-10H2,1H3,(H,16,19). The number of methoxy groups -OCH3 is 1. The van der Waals surface area contributed by atoms with E-state index < -0.39 is 0 Å². The van der Waals surface area contributed by atoms with Crippen molar-refractivity contribution in [3.63, 3.8) is 0 Å². The number of benzene rings is 1. The lowest BCUT2D eigenvalue weighted by atomic mass is 10.2. The molecule has 20 heavy (non-hydrogen) atoms. The third kappa shape index (κ3) is 3.63. The SMILES string of the molecule is COc1cccc(NC(=O)N(CCO)C2CCCC2)c1. The minimum atomic E-state index is -0.154. The number of aliphatic hydroxyl groups is 1. The normalized spacial score (nSPS) is 15.1. The van der Waals surface area contributed by atoms with Crippen molar-refractivity contribution in [2.45, 2.75) is 31.7 Å². The van der Waals surface area contributed by atoms with Gasteiger partial charge in [0.05, 0.1) is 13.7 Å². The molecule has 1 fully saturated rings. The maximum Gasteiger partial charge on any atom is 0.322 e. The molecule has 2 amide bonds. The highest BCUT2D eigenvalue weighted by molar-refractivity contribution is 5.89. The molecule has 0 atom stereocenters. The highest BCUT2D eigenvalue weighted by Crippen LogP contribution is 2.24. The predicted octanol–water partition coefficient (Wildman–Crippen LogP) is 2.46. The van der Waals surface area contributed by atoms with E-state index in [4.69, 9.17) is 9.84 Å². The summed E-state index contributed by atoms with van der Waals surface area (Å²) in [4.78, 5) is 14.1. The minimum Gasteiger partial charge on any atom is -0.497 e. The van der Waals surface area contributed by atoms with Crippen LogP contribution >= 0.6 is 0 Å². The van der Waals surface area contributed by atoms with E-state index in [-0.39, 0.29) is 18.7 Å². The molecular formula is C15H22N2O3. The Balaban J connectivity index is 2.03. The molecule has 0 aromatic heterocycles. The van der Waals surface area contributed by atoms with Gasteiger partial charge in [-0.1, -0.05) is 18.9 Å². The lowest BCUT2D eigenvalue weighted by Crippen LogP contribution is -2.43. The summed E-state index contributed by atoms with van der Waals surface area (Å²) in [5.41, 5.74) is 0.704. The summed E-state index contributed by atoms with van der Waals surface area (Å²) < 4.78 is 5.14. The summed E-state index contributed by atoms with van der Waals surface area (Å²) in [7, 11) is 1.59. The second-order valence-electron chi connectivity index (χ2n) is 5.02. The van der Waals surface area contributed by atoms with Crippen molar-refractivity contribution in [1.82, 2.24) is 4.90 Å². The van der Waals surface area contributed by atoms with Crippen molar-refractivity contribution < 1.29 is 14.6 Å². The molecule has 1 aromatic carbocycles. The van der Waals surface area contributed by atoms with Gasteiger partial charge in [0.15, 0.2) is 0 Å². The van der Waals surface area contributed by atoms with Crippen molar-refractivity contribution in [1.29, 1.82) is 0 Å². The summed E-state index contributed by atoms with van der Waals surface area (Å²) in [6, 6.07) is 7.36. The Hall–Kier alpha value is -1.75. The van der Waals surface area contributed by atoms with Gasteiger partial charge < -0.3 is 20.1 Å². The molecule has 2 N–H and O–H groups in total. The zero-order valence-electron chi connectivity index (χ0n) is 11.8. The molecule has 1 aliphatic carbocycles. The number of hydrogen-bond acceptors (Lipinski definition) is 3. The van der Waals surface area contributed by atoms with Crippen molar-refractivity contribution in [2.24, 2.45) is 0 Å². The van der Waals surface area contributed by atoms with Crippen molar-refractivity contribution in [3.05, 3.63) is 24.3 Å². The molecule has 0 bridgehead atoms. The largest absolute Gasteiger partial charge is 0.497 e. The topological polar surface area (TPSA) is 61.8 Å². The van der Waals surface area contributed by atoms with E-state index in [1.807, 2.05) is 18.2 Å². The third-order valence-corrected chi connectivity index (χ3v) is 3.69. The Kier molecular flexibility index (Phi) is 5.24. The molecule has 0 spiro atoms. The molecule has 0 heterocycles. The van der Waals surface area contributed by atoms with Gasteiger partial charge in [-0.25, -0.2) is 4.79 Å². The number of nitrogens with zero attached hydrogens (tertiary/aromatic N) is 1. The first kappa shape index (κ1) is 14.7. The third-order valence-electron chi connectivity index (χ3n) is 3.69. The van der Waals surface area contributed by atoms with Gasteiger partial charge in [0.25, 0.3) is 0 Å². The number of rotatable bonds is 5. The van der Waals surface area contributed by atoms with E-state index in [0.29, 0.717) is 18.0 Å². The van der Waals surface area contributed by atoms with Gasteiger partial charge in [0.2, 0.25) is 0 Å². The lowest BCUT2D eigenvalue weighted by molar-refractivity contribution is 0.163. The molecule has 5 heteroatoms. The summed E-state index contributed by atoms with van der Waals surface area (Å²) in [5.74, 6) is 0.706. The molecule has 1 saturated carbocycles. The Morgan fingerprint density at radius 3 is 2.85 bits per heavy atom. The fourth-order valence-corrected chi connectivity index (χ4v) is 2.67. The van der Waals surface area contributed by atoms with Gasteiger partial charge >= 0.3 is 6.03 Å². The predicted molar refractivity (Wildman–Crippen MR) is 78.1 cm³/mol. The van der Waals surface area contributed by atoms with Crippen LogP contribution in [0.4, 0.5) is 10.5 Å². The molecule has 2 rings (SSSR count). The fraction of sp³-hybridized carbons (Fsp3) is 0.533. The van der Waals surface area contributed by atoms with E-state index in [1.165, 1.54) is 0 Å². The Morgan fingerprint density at radius 2 is 2.20 bits per heavy atom. The number of amides is 2. The Bertz CT molecular complexity index is 444. The number of urea groups is 1.